The molecule has 0 aromatic carbocycles. The van der Waals surface area contributed by atoms with Crippen LogP contribution in [0.1, 0.15) is 0 Å². The van der Waals surface area contributed by atoms with Gasteiger partial charge in [-0.05, 0) is 0 Å². The van der Waals surface area contributed by atoms with Crippen LogP contribution in [-0.2, 0) is 7.05 Å². The Bertz CT molecular complexity index is 548. The molecule has 0 aliphatic rings. The smallest absolute Gasteiger partial charge is 0.290 e. The highest BCUT2D eigenvalue weighted by Gasteiger charge is 2.12. The van der Waals surface area contributed by atoms with Crippen molar-refractivity contribution in [2.75, 3.05) is 11.9 Å². The van der Waals surface area contributed by atoms with Crippen molar-refractivity contribution in [2.24, 2.45) is 7.05 Å². The first kappa shape index (κ1) is 10.7. The topological polar surface area (TPSA) is 66.8 Å². The maximum atomic E-state index is 11.8. The lowest BCUT2D eigenvalue weighted by atomic mass is 10.4. The first-order valence-electron chi connectivity index (χ1n) is 4.56. The monoisotopic (exact) mass is 239 g/mol. The van der Waals surface area contributed by atoms with Gasteiger partial charge < -0.3 is 4.90 Å². The van der Waals surface area contributed by atoms with Crippen molar-refractivity contribution in [3.8, 4) is 0 Å². The third-order valence-corrected chi connectivity index (χ3v) is 2.41. The van der Waals surface area contributed by atoms with E-state index in [9.17, 15) is 4.79 Å². The Balaban J connectivity index is 2.52. The average Bonchev–Trinajstić information content (AvgIpc) is 2.75. The maximum Gasteiger partial charge on any atom is 0.290 e. The van der Waals surface area contributed by atoms with Crippen molar-refractivity contribution in [1.29, 1.82) is 0 Å². The molecule has 0 bridgehead atoms. The minimum absolute atomic E-state index is 0.221. The molecule has 7 heteroatoms. The molecule has 2 heterocycles. The second-order valence-corrected chi connectivity index (χ2v) is 3.67. The zero-order chi connectivity index (χ0) is 11.7. The average molecular weight is 240 g/mol. The number of hydrogen-bond acceptors (Lipinski definition) is 4. The van der Waals surface area contributed by atoms with Crippen LogP contribution in [0.15, 0.2) is 23.1 Å². The molecule has 6 nitrogen and oxygen atoms in total. The fourth-order valence-corrected chi connectivity index (χ4v) is 1.58. The van der Waals surface area contributed by atoms with E-state index in [1.807, 2.05) is 0 Å². The molecule has 0 atom stereocenters. The molecule has 0 saturated heterocycles. The lowest BCUT2D eigenvalue weighted by Crippen LogP contribution is -2.27. The predicted molar refractivity (Wildman–Crippen MR) is 61.1 cm³/mol. The molecular formula is C9H10ClN5O. The van der Waals surface area contributed by atoms with E-state index < -0.39 is 0 Å². The number of nitrogens with one attached hydrogen (secondary N) is 1. The number of halogens is 1. The van der Waals surface area contributed by atoms with Crippen molar-refractivity contribution < 1.29 is 0 Å². The van der Waals surface area contributed by atoms with Gasteiger partial charge in [-0.1, -0.05) is 11.6 Å². The number of aromatic amines is 1. The summed E-state index contributed by atoms with van der Waals surface area (Å²) in [7, 11) is 3.30. The van der Waals surface area contributed by atoms with E-state index in [1.165, 1.54) is 10.7 Å². The van der Waals surface area contributed by atoms with Gasteiger partial charge in [0, 0.05) is 26.2 Å². The van der Waals surface area contributed by atoms with Crippen LogP contribution in [0.4, 0.5) is 11.5 Å². The van der Waals surface area contributed by atoms with Gasteiger partial charge in [0.2, 0.25) is 0 Å². The molecule has 0 amide bonds. The molecule has 2 aromatic heterocycles. The lowest BCUT2D eigenvalue weighted by molar-refractivity contribution is 0.706. The molecule has 16 heavy (non-hydrogen) atoms. The van der Waals surface area contributed by atoms with Crippen LogP contribution in [0.25, 0.3) is 0 Å². The van der Waals surface area contributed by atoms with Crippen LogP contribution >= 0.6 is 11.6 Å². The SMILES string of the molecule is CN(c1ccn[nH]1)c1cc(Cl)nn(C)c1=O. The summed E-state index contributed by atoms with van der Waals surface area (Å²) < 4.78 is 1.20. The van der Waals surface area contributed by atoms with Crippen LogP contribution in [0.3, 0.4) is 0 Å². The second-order valence-electron chi connectivity index (χ2n) is 3.28. The van der Waals surface area contributed by atoms with E-state index in [0.29, 0.717) is 11.5 Å². The summed E-state index contributed by atoms with van der Waals surface area (Å²) in [5, 5.41) is 10.7. The highest BCUT2D eigenvalue weighted by molar-refractivity contribution is 6.29. The van der Waals surface area contributed by atoms with Crippen molar-refractivity contribution in [2.45, 2.75) is 0 Å². The van der Waals surface area contributed by atoms with Gasteiger partial charge in [0.05, 0.1) is 6.20 Å². The summed E-state index contributed by atoms with van der Waals surface area (Å²) in [5.74, 6) is 0.708. The molecule has 0 saturated carbocycles. The normalized spacial score (nSPS) is 10.4. The van der Waals surface area contributed by atoms with Gasteiger partial charge in [0.15, 0.2) is 5.15 Å². The van der Waals surface area contributed by atoms with Gasteiger partial charge in [0.25, 0.3) is 5.56 Å². The van der Waals surface area contributed by atoms with E-state index >= 15 is 0 Å². The molecule has 1 N–H and O–H groups in total. The summed E-state index contributed by atoms with van der Waals surface area (Å²) in [5.41, 5.74) is 0.216. The minimum Gasteiger partial charge on any atom is -0.325 e. The van der Waals surface area contributed by atoms with E-state index in [4.69, 9.17) is 11.6 Å². The molecule has 2 aromatic rings. The van der Waals surface area contributed by atoms with Gasteiger partial charge >= 0.3 is 0 Å². The van der Waals surface area contributed by atoms with E-state index in [2.05, 4.69) is 15.3 Å². The molecule has 2 rings (SSSR count). The Morgan fingerprint density at radius 1 is 1.56 bits per heavy atom. The zero-order valence-electron chi connectivity index (χ0n) is 8.81. The standard InChI is InChI=1S/C9H10ClN5O/c1-14(8-3-4-11-12-8)6-5-7(10)13-15(2)9(6)16/h3-5H,1-2H3,(H,11,12). The maximum absolute atomic E-state index is 11.8. The Labute approximate surface area is 96.5 Å². The number of aryl methyl sites for hydroxylation is 1. The molecule has 0 unspecified atom stereocenters. The molecule has 84 valence electrons. The van der Waals surface area contributed by atoms with Crippen molar-refractivity contribution in [1.82, 2.24) is 20.0 Å². The van der Waals surface area contributed by atoms with Gasteiger partial charge in [-0.25, -0.2) is 4.68 Å². The van der Waals surface area contributed by atoms with Gasteiger partial charge in [-0.15, -0.1) is 0 Å². The number of aromatic nitrogens is 4. The highest BCUT2D eigenvalue weighted by atomic mass is 35.5. The third-order valence-electron chi connectivity index (χ3n) is 2.22. The zero-order valence-corrected chi connectivity index (χ0v) is 9.56. The van der Waals surface area contributed by atoms with Crippen LogP contribution in [-0.4, -0.2) is 27.0 Å². The summed E-state index contributed by atoms with van der Waals surface area (Å²) >= 11 is 5.80. The number of nitrogens with zero attached hydrogens (tertiary/aromatic N) is 4. The fraction of sp³-hybridized carbons (Fsp3) is 0.222. The summed E-state index contributed by atoms with van der Waals surface area (Å²) in [6.07, 6.45) is 1.61. The van der Waals surface area contributed by atoms with Crippen LogP contribution in [0, 0.1) is 0 Å². The predicted octanol–water partition coefficient (Wildman–Crippen LogP) is 0.925. The van der Waals surface area contributed by atoms with Gasteiger partial charge in [-0.3, -0.25) is 9.89 Å². The van der Waals surface area contributed by atoms with Crippen LogP contribution in [0.2, 0.25) is 5.15 Å². The first-order valence-corrected chi connectivity index (χ1v) is 4.94. The Morgan fingerprint density at radius 3 is 2.94 bits per heavy atom. The number of rotatable bonds is 2. The molecule has 0 aliphatic heterocycles. The van der Waals surface area contributed by atoms with Gasteiger partial charge in [0.1, 0.15) is 11.5 Å². The molecule has 0 fully saturated rings. The second kappa shape index (κ2) is 3.97. The van der Waals surface area contributed by atoms with E-state index in [1.54, 1.807) is 31.3 Å². The third kappa shape index (κ3) is 1.79. The van der Waals surface area contributed by atoms with E-state index in [-0.39, 0.29) is 10.7 Å². The lowest BCUT2D eigenvalue weighted by Gasteiger charge is -2.16. The quantitative estimate of drug-likeness (QED) is 0.847. The summed E-state index contributed by atoms with van der Waals surface area (Å²) in [4.78, 5) is 13.5. The summed E-state index contributed by atoms with van der Waals surface area (Å²) in [6, 6.07) is 3.28. The first-order chi connectivity index (χ1) is 7.59. The number of hydrogen-bond donors (Lipinski definition) is 1. The fourth-order valence-electron chi connectivity index (χ4n) is 1.36. The number of anilines is 2. The number of H-pyrrole nitrogens is 1. The summed E-state index contributed by atoms with van der Waals surface area (Å²) in [6.45, 7) is 0. The Hall–Kier alpha value is -1.82. The van der Waals surface area contributed by atoms with Gasteiger partial charge in [-0.2, -0.15) is 10.2 Å². The Morgan fingerprint density at radius 2 is 2.31 bits per heavy atom. The van der Waals surface area contributed by atoms with Crippen molar-refractivity contribution in [3.63, 3.8) is 0 Å². The highest BCUT2D eigenvalue weighted by Crippen LogP contribution is 2.18. The van der Waals surface area contributed by atoms with Crippen molar-refractivity contribution >= 4 is 23.1 Å². The minimum atomic E-state index is -0.221. The molecule has 0 spiro atoms. The largest absolute Gasteiger partial charge is 0.325 e. The molecule has 0 aliphatic carbocycles. The van der Waals surface area contributed by atoms with E-state index in [0.717, 1.165) is 0 Å². The van der Waals surface area contributed by atoms with Crippen LogP contribution in [0.5, 0.6) is 0 Å². The molecular weight excluding hydrogens is 230 g/mol. The molecule has 0 radical (unpaired) electrons. The van der Waals surface area contributed by atoms with Crippen LogP contribution < -0.4 is 10.5 Å². The van der Waals surface area contributed by atoms with Crippen molar-refractivity contribution in [3.05, 3.63) is 33.8 Å². The Kier molecular flexibility index (Phi) is 2.66.